The number of nitrogens with two attached hydrogens (primary N) is 1. The number of hydrogen-bond acceptors (Lipinski definition) is 3. The van der Waals surface area contributed by atoms with Crippen LogP contribution in [0.3, 0.4) is 0 Å². The van der Waals surface area contributed by atoms with E-state index in [1.54, 1.807) is 0 Å². The summed E-state index contributed by atoms with van der Waals surface area (Å²) >= 11 is 0. The monoisotopic (exact) mass is 233 g/mol. The number of hydrogen-bond donors (Lipinski definition) is 1. The molecule has 1 aromatic heterocycles. The molecule has 2 heterocycles. The van der Waals surface area contributed by atoms with Crippen molar-refractivity contribution in [3.63, 3.8) is 0 Å². The first kappa shape index (κ1) is 12.5. The zero-order valence-electron chi connectivity index (χ0n) is 11.1. The first-order valence-electron chi connectivity index (χ1n) is 6.44. The lowest BCUT2D eigenvalue weighted by Gasteiger charge is -2.38. The predicted molar refractivity (Wildman–Crippen MR) is 70.8 cm³/mol. The van der Waals surface area contributed by atoms with Gasteiger partial charge in [0.05, 0.1) is 0 Å². The van der Waals surface area contributed by atoms with Crippen LogP contribution < -0.4 is 5.73 Å². The minimum absolute atomic E-state index is 0.259. The summed E-state index contributed by atoms with van der Waals surface area (Å²) in [7, 11) is 0. The Labute approximate surface area is 104 Å². The Bertz CT molecular complexity index is 370. The lowest BCUT2D eigenvalue weighted by atomic mass is 9.98. The summed E-state index contributed by atoms with van der Waals surface area (Å²) in [6, 6.07) is 4.54. The largest absolute Gasteiger partial charge is 0.329 e. The summed E-state index contributed by atoms with van der Waals surface area (Å²) in [5, 5.41) is 0. The van der Waals surface area contributed by atoms with Gasteiger partial charge < -0.3 is 5.73 Å². The molecule has 1 aliphatic rings. The van der Waals surface area contributed by atoms with Gasteiger partial charge in [-0.1, -0.05) is 6.07 Å². The number of aromatic nitrogens is 1. The summed E-state index contributed by atoms with van der Waals surface area (Å²) in [6.45, 7) is 8.44. The molecule has 3 nitrogen and oxygen atoms in total. The molecule has 0 aromatic carbocycles. The molecule has 0 amide bonds. The van der Waals surface area contributed by atoms with Gasteiger partial charge in [0.15, 0.2) is 0 Å². The van der Waals surface area contributed by atoms with Crippen LogP contribution in [0.2, 0.25) is 0 Å². The van der Waals surface area contributed by atoms with Gasteiger partial charge in [-0.05, 0) is 51.8 Å². The third-order valence-electron chi connectivity index (χ3n) is 3.88. The van der Waals surface area contributed by atoms with Crippen molar-refractivity contribution in [1.82, 2.24) is 9.88 Å². The average molecular weight is 233 g/mol. The van der Waals surface area contributed by atoms with Gasteiger partial charge in [0.1, 0.15) is 0 Å². The van der Waals surface area contributed by atoms with Gasteiger partial charge in [0.2, 0.25) is 0 Å². The van der Waals surface area contributed by atoms with Crippen LogP contribution in [0, 0.1) is 6.92 Å². The highest BCUT2D eigenvalue weighted by molar-refractivity contribution is 5.19. The molecule has 0 spiro atoms. The minimum atomic E-state index is 0.259. The summed E-state index contributed by atoms with van der Waals surface area (Å²) in [5.41, 5.74) is 8.54. The molecule has 1 atom stereocenters. The van der Waals surface area contributed by atoms with Crippen LogP contribution in [0.25, 0.3) is 0 Å². The average Bonchev–Trinajstić information content (AvgIpc) is 2.63. The molecule has 0 bridgehead atoms. The Hall–Kier alpha value is -0.930. The van der Waals surface area contributed by atoms with E-state index in [9.17, 15) is 0 Å². The Kier molecular flexibility index (Phi) is 3.50. The highest BCUT2D eigenvalue weighted by atomic mass is 15.2. The summed E-state index contributed by atoms with van der Waals surface area (Å²) in [5.74, 6) is 0. The molecular weight excluding hydrogens is 210 g/mol. The van der Waals surface area contributed by atoms with E-state index in [1.165, 1.54) is 18.4 Å². The van der Waals surface area contributed by atoms with Crippen molar-refractivity contribution in [2.24, 2.45) is 5.73 Å². The molecule has 0 radical (unpaired) electrons. The third-order valence-corrected chi connectivity index (χ3v) is 3.88. The van der Waals surface area contributed by atoms with E-state index in [0.717, 1.165) is 12.2 Å². The maximum atomic E-state index is 5.97. The molecule has 0 aliphatic carbocycles. The number of pyridine rings is 1. The Morgan fingerprint density at radius 3 is 2.71 bits per heavy atom. The van der Waals surface area contributed by atoms with E-state index >= 15 is 0 Å². The maximum Gasteiger partial charge on any atom is 0.0490 e. The van der Waals surface area contributed by atoms with Crippen molar-refractivity contribution in [2.45, 2.75) is 45.2 Å². The van der Waals surface area contributed by atoms with Crippen LogP contribution in [0.4, 0.5) is 0 Å². The van der Waals surface area contributed by atoms with Gasteiger partial charge in [0, 0.05) is 30.0 Å². The van der Waals surface area contributed by atoms with Crippen LogP contribution in [0.5, 0.6) is 0 Å². The van der Waals surface area contributed by atoms with E-state index in [0.29, 0.717) is 12.6 Å². The zero-order valence-corrected chi connectivity index (χ0v) is 11.1. The van der Waals surface area contributed by atoms with E-state index in [2.05, 4.69) is 35.9 Å². The highest BCUT2D eigenvalue weighted by Crippen LogP contribution is 2.35. The maximum absolute atomic E-state index is 5.97. The Balaban J connectivity index is 2.24. The molecule has 1 fully saturated rings. The van der Waals surface area contributed by atoms with Crippen molar-refractivity contribution >= 4 is 0 Å². The second kappa shape index (κ2) is 4.75. The van der Waals surface area contributed by atoms with E-state index in [-0.39, 0.29) is 5.54 Å². The number of rotatable bonds is 3. The molecule has 1 aromatic rings. The van der Waals surface area contributed by atoms with Gasteiger partial charge >= 0.3 is 0 Å². The van der Waals surface area contributed by atoms with Crippen LogP contribution in [0.1, 0.15) is 44.0 Å². The number of nitrogens with zero attached hydrogens (tertiary/aromatic N) is 2. The van der Waals surface area contributed by atoms with Crippen molar-refractivity contribution in [3.8, 4) is 0 Å². The summed E-state index contributed by atoms with van der Waals surface area (Å²) in [6.07, 6.45) is 4.49. The van der Waals surface area contributed by atoms with Gasteiger partial charge in [-0.3, -0.25) is 9.88 Å². The van der Waals surface area contributed by atoms with Crippen molar-refractivity contribution < 1.29 is 0 Å². The number of likely N-dealkylation sites (tertiary alicyclic amines) is 1. The fourth-order valence-corrected chi connectivity index (χ4v) is 2.83. The normalized spacial score (nSPS) is 21.6. The minimum Gasteiger partial charge on any atom is -0.329 e. The molecular formula is C14H23N3. The van der Waals surface area contributed by atoms with Gasteiger partial charge in [-0.25, -0.2) is 0 Å². The second-order valence-electron chi connectivity index (χ2n) is 5.59. The Morgan fingerprint density at radius 1 is 1.47 bits per heavy atom. The lowest BCUT2D eigenvalue weighted by molar-refractivity contribution is 0.119. The molecule has 1 saturated heterocycles. The molecule has 17 heavy (non-hydrogen) atoms. The molecule has 0 saturated carbocycles. The van der Waals surface area contributed by atoms with Crippen LogP contribution in [-0.4, -0.2) is 28.5 Å². The first-order valence-corrected chi connectivity index (χ1v) is 6.44. The smallest absolute Gasteiger partial charge is 0.0490 e. The van der Waals surface area contributed by atoms with Gasteiger partial charge in [-0.15, -0.1) is 0 Å². The van der Waals surface area contributed by atoms with E-state index in [4.69, 9.17) is 5.73 Å². The van der Waals surface area contributed by atoms with Gasteiger partial charge in [-0.2, -0.15) is 0 Å². The first-order chi connectivity index (χ1) is 8.04. The zero-order chi connectivity index (χ0) is 12.5. The third kappa shape index (κ3) is 2.50. The van der Waals surface area contributed by atoms with Crippen LogP contribution >= 0.6 is 0 Å². The second-order valence-corrected chi connectivity index (χ2v) is 5.59. The molecule has 2 rings (SSSR count). The fraction of sp³-hybridized carbons (Fsp3) is 0.643. The standard InChI is InChI=1S/C14H23N3/c1-11-5-6-12(10-16-11)13(9-15)17-8-4-7-14(17,2)3/h5-6,10,13H,4,7-9,15H2,1-3H3. The fourth-order valence-electron chi connectivity index (χ4n) is 2.83. The van der Waals surface area contributed by atoms with Crippen molar-refractivity contribution in [2.75, 3.05) is 13.1 Å². The molecule has 1 unspecified atom stereocenters. The molecule has 2 N–H and O–H groups in total. The summed E-state index contributed by atoms with van der Waals surface area (Å²) < 4.78 is 0. The molecule has 1 aliphatic heterocycles. The van der Waals surface area contributed by atoms with Crippen molar-refractivity contribution in [1.29, 1.82) is 0 Å². The van der Waals surface area contributed by atoms with Crippen LogP contribution in [0.15, 0.2) is 18.3 Å². The van der Waals surface area contributed by atoms with Crippen molar-refractivity contribution in [3.05, 3.63) is 29.6 Å². The Morgan fingerprint density at radius 2 is 2.24 bits per heavy atom. The predicted octanol–water partition coefficient (Wildman–Crippen LogP) is 2.26. The molecule has 3 heteroatoms. The topological polar surface area (TPSA) is 42.1 Å². The SMILES string of the molecule is Cc1ccc(C(CN)N2CCCC2(C)C)cn1. The highest BCUT2D eigenvalue weighted by Gasteiger charge is 2.36. The quantitative estimate of drug-likeness (QED) is 0.870. The van der Waals surface area contributed by atoms with Gasteiger partial charge in [0.25, 0.3) is 0 Å². The lowest BCUT2D eigenvalue weighted by Crippen LogP contribution is -2.43. The van der Waals surface area contributed by atoms with E-state index in [1.807, 2.05) is 13.1 Å². The summed E-state index contributed by atoms with van der Waals surface area (Å²) in [4.78, 5) is 6.91. The molecule has 94 valence electrons. The van der Waals surface area contributed by atoms with E-state index < -0.39 is 0 Å². The number of aryl methyl sites for hydroxylation is 1. The van der Waals surface area contributed by atoms with Crippen LogP contribution in [-0.2, 0) is 0 Å².